The van der Waals surface area contributed by atoms with Crippen LogP contribution in [0.1, 0.15) is 40.2 Å². The van der Waals surface area contributed by atoms with E-state index in [1.54, 1.807) is 60.5 Å². The molecular formula is C33H30F3N5O4S. The summed E-state index contributed by atoms with van der Waals surface area (Å²) in [6.07, 6.45) is 2.66. The molecule has 1 unspecified atom stereocenters. The normalized spacial score (nSPS) is 14.6. The highest BCUT2D eigenvalue weighted by Gasteiger charge is 2.35. The van der Waals surface area contributed by atoms with Crippen molar-refractivity contribution in [2.75, 3.05) is 18.5 Å². The van der Waals surface area contributed by atoms with Crippen LogP contribution in [0.4, 0.5) is 19.1 Å². The number of sulfonamides is 1. The smallest absolute Gasteiger partial charge is 0.416 e. The summed E-state index contributed by atoms with van der Waals surface area (Å²) in [4.78, 5) is 12.6. The fraction of sp³-hybridized carbons (Fsp3) is 0.242. The molecule has 1 aliphatic rings. The zero-order chi connectivity index (χ0) is 32.6. The zero-order valence-electron chi connectivity index (χ0n) is 25.2. The molecular weight excluding hydrogens is 619 g/mol. The van der Waals surface area contributed by atoms with Gasteiger partial charge in [0.15, 0.2) is 0 Å². The third-order valence-corrected chi connectivity index (χ3v) is 9.93. The number of nitrogens with zero attached hydrogens (tertiary/aromatic N) is 5. The van der Waals surface area contributed by atoms with Crippen molar-refractivity contribution in [3.63, 3.8) is 0 Å². The van der Waals surface area contributed by atoms with Gasteiger partial charge >= 0.3 is 6.18 Å². The van der Waals surface area contributed by atoms with Gasteiger partial charge in [-0.25, -0.2) is 27.7 Å². The summed E-state index contributed by atoms with van der Waals surface area (Å²) in [5.74, 6) is 0.743. The predicted octanol–water partition coefficient (Wildman–Crippen LogP) is 6.39. The van der Waals surface area contributed by atoms with Crippen LogP contribution in [0.25, 0.3) is 11.3 Å². The number of hydrogen-bond donors (Lipinski definition) is 0. The summed E-state index contributed by atoms with van der Waals surface area (Å²) >= 11 is 0. The van der Waals surface area contributed by atoms with Crippen LogP contribution in [0.5, 0.6) is 11.5 Å². The lowest BCUT2D eigenvalue weighted by Gasteiger charge is -2.24. The summed E-state index contributed by atoms with van der Waals surface area (Å²) in [6, 6.07) is 15.4. The Balaban J connectivity index is 1.39. The number of hydrogen-bond acceptors (Lipinski definition) is 7. The maximum atomic E-state index is 14.3. The zero-order valence-corrected chi connectivity index (χ0v) is 26.0. The molecule has 46 heavy (non-hydrogen) atoms. The molecule has 0 saturated heterocycles. The number of aryl methyl sites for hydroxylation is 2. The molecule has 9 nitrogen and oxygen atoms in total. The van der Waals surface area contributed by atoms with Crippen LogP contribution in [0, 0.1) is 0 Å². The van der Waals surface area contributed by atoms with E-state index in [0.717, 1.165) is 33.1 Å². The topological polar surface area (TPSA) is 99.4 Å². The summed E-state index contributed by atoms with van der Waals surface area (Å²) in [6.45, 7) is -0.112. The van der Waals surface area contributed by atoms with Crippen molar-refractivity contribution in [2.45, 2.75) is 36.4 Å². The average molecular weight is 650 g/mol. The monoisotopic (exact) mass is 649 g/mol. The van der Waals surface area contributed by atoms with E-state index in [1.165, 1.54) is 38.7 Å². The number of halogens is 3. The third-order valence-electron chi connectivity index (χ3n) is 8.21. The molecule has 0 amide bonds. The Kier molecular flexibility index (Phi) is 8.19. The molecule has 1 aliphatic carbocycles. The lowest BCUT2D eigenvalue weighted by Crippen LogP contribution is -2.32. The molecule has 0 fully saturated rings. The highest BCUT2D eigenvalue weighted by atomic mass is 32.2. The summed E-state index contributed by atoms with van der Waals surface area (Å²) in [7, 11) is 0.565. The maximum absolute atomic E-state index is 14.3. The minimum atomic E-state index is -4.51. The quantitative estimate of drug-likeness (QED) is 0.183. The van der Waals surface area contributed by atoms with Crippen LogP contribution in [0.2, 0.25) is 0 Å². The highest BCUT2D eigenvalue weighted by molar-refractivity contribution is 7.92. The maximum Gasteiger partial charge on any atom is 0.416 e. The largest absolute Gasteiger partial charge is 0.497 e. The van der Waals surface area contributed by atoms with Crippen LogP contribution >= 0.6 is 0 Å². The van der Waals surface area contributed by atoms with Gasteiger partial charge in [-0.1, -0.05) is 12.1 Å². The van der Waals surface area contributed by atoms with E-state index >= 15 is 0 Å². The van der Waals surface area contributed by atoms with Crippen LogP contribution in [-0.4, -0.2) is 42.2 Å². The van der Waals surface area contributed by atoms with Crippen molar-refractivity contribution in [3.8, 4) is 22.8 Å². The van der Waals surface area contributed by atoms with Gasteiger partial charge < -0.3 is 14.0 Å². The molecule has 5 aromatic rings. The first-order valence-corrected chi connectivity index (χ1v) is 15.8. The summed E-state index contributed by atoms with van der Waals surface area (Å²) < 4.78 is 83.3. The first kappa shape index (κ1) is 31.1. The second kappa shape index (κ2) is 12.1. The molecule has 0 aliphatic heterocycles. The van der Waals surface area contributed by atoms with Crippen molar-refractivity contribution < 1.29 is 31.1 Å². The van der Waals surface area contributed by atoms with Gasteiger partial charge in [0.2, 0.25) is 5.95 Å². The number of aromatic nitrogens is 4. The van der Waals surface area contributed by atoms with Crippen molar-refractivity contribution in [1.29, 1.82) is 0 Å². The van der Waals surface area contributed by atoms with E-state index in [0.29, 0.717) is 41.2 Å². The lowest BCUT2D eigenvalue weighted by molar-refractivity contribution is -0.137. The number of methoxy groups -OCH3 is 2. The minimum absolute atomic E-state index is 0.00989. The van der Waals surface area contributed by atoms with E-state index in [2.05, 4.69) is 15.0 Å². The van der Waals surface area contributed by atoms with Gasteiger partial charge in [-0.15, -0.1) is 0 Å². The molecule has 0 saturated carbocycles. The Hall–Kier alpha value is -4.91. The Labute approximate surface area is 264 Å². The van der Waals surface area contributed by atoms with E-state index in [9.17, 15) is 21.6 Å². The summed E-state index contributed by atoms with van der Waals surface area (Å²) in [5, 5.41) is 0. The van der Waals surface area contributed by atoms with Gasteiger partial charge in [-0.05, 0) is 72.0 Å². The van der Waals surface area contributed by atoms with Crippen LogP contribution in [-0.2, 0) is 36.2 Å². The van der Waals surface area contributed by atoms with Gasteiger partial charge in [0.25, 0.3) is 10.0 Å². The Morgan fingerprint density at radius 2 is 1.74 bits per heavy atom. The molecule has 2 heterocycles. The van der Waals surface area contributed by atoms with Crippen molar-refractivity contribution in [3.05, 3.63) is 113 Å². The van der Waals surface area contributed by atoms with Crippen molar-refractivity contribution >= 4 is 16.0 Å². The third kappa shape index (κ3) is 5.78. The number of ether oxygens (including phenoxy) is 2. The van der Waals surface area contributed by atoms with Gasteiger partial charge in [0.05, 0.1) is 49.4 Å². The van der Waals surface area contributed by atoms with E-state index in [-0.39, 0.29) is 23.3 Å². The molecule has 238 valence electrons. The number of rotatable bonds is 9. The number of imidazole rings is 1. The van der Waals surface area contributed by atoms with Gasteiger partial charge in [-0.2, -0.15) is 13.2 Å². The molecule has 3 aromatic carbocycles. The molecule has 13 heteroatoms. The van der Waals surface area contributed by atoms with Crippen molar-refractivity contribution in [2.24, 2.45) is 7.05 Å². The molecule has 6 rings (SSSR count). The molecule has 0 N–H and O–H groups in total. The Bertz CT molecular complexity index is 2000. The van der Waals surface area contributed by atoms with Crippen LogP contribution < -0.4 is 13.8 Å². The molecule has 0 spiro atoms. The molecule has 1 atom stereocenters. The number of alkyl halides is 3. The number of fused-ring (bicyclic) bond motifs is 1. The molecule has 0 radical (unpaired) electrons. The minimum Gasteiger partial charge on any atom is -0.497 e. The SMILES string of the molecule is COc1ccc(CN(c2ncccn2)S(=O)(=O)c2ccc3c(c2)CCC3c2ccc(C(F)(F)F)cc2-c2cncn2C)c(OC)c1. The molecule has 2 aromatic heterocycles. The van der Waals surface area contributed by atoms with Gasteiger partial charge in [0.1, 0.15) is 11.5 Å². The number of benzene rings is 3. The second-order valence-electron chi connectivity index (χ2n) is 10.9. The Morgan fingerprint density at radius 1 is 0.978 bits per heavy atom. The summed E-state index contributed by atoms with van der Waals surface area (Å²) in [5.41, 5.74) is 3.21. The van der Waals surface area contributed by atoms with Crippen molar-refractivity contribution in [1.82, 2.24) is 19.5 Å². The Morgan fingerprint density at radius 3 is 2.41 bits per heavy atom. The number of anilines is 1. The van der Waals surface area contributed by atoms with Gasteiger partial charge in [-0.3, -0.25) is 0 Å². The first-order chi connectivity index (χ1) is 22.0. The lowest BCUT2D eigenvalue weighted by atomic mass is 9.87. The van der Waals surface area contributed by atoms with E-state index in [1.807, 2.05) is 0 Å². The highest BCUT2D eigenvalue weighted by Crippen LogP contribution is 2.44. The average Bonchev–Trinajstić information content (AvgIpc) is 3.68. The molecule has 0 bridgehead atoms. The van der Waals surface area contributed by atoms with Crippen LogP contribution in [0.3, 0.4) is 0 Å². The first-order valence-electron chi connectivity index (χ1n) is 14.3. The van der Waals surface area contributed by atoms with E-state index in [4.69, 9.17) is 9.47 Å². The fourth-order valence-corrected chi connectivity index (χ4v) is 7.30. The fourth-order valence-electron chi connectivity index (χ4n) is 5.90. The second-order valence-corrected chi connectivity index (χ2v) is 12.7. The standard InChI is InChI=1S/C33H30F3N5O4S/c1-40-20-37-18-30(40)29-16-23(33(34,35)36)7-11-28(29)27-10-6-21-15-25(9-12-26(21)27)46(42,43)41(32-38-13-4-14-39-32)19-22-5-8-24(44-2)17-31(22)45-3/h4-5,7-9,11-18,20,27H,6,10,19H2,1-3H3. The predicted molar refractivity (Wildman–Crippen MR) is 165 cm³/mol. The van der Waals surface area contributed by atoms with Gasteiger partial charge in [0, 0.05) is 42.6 Å². The van der Waals surface area contributed by atoms with E-state index < -0.39 is 21.8 Å². The van der Waals surface area contributed by atoms with Crippen LogP contribution in [0.15, 0.2) is 90.5 Å².